The highest BCUT2D eigenvalue weighted by molar-refractivity contribution is 7.99. The molecule has 0 radical (unpaired) electrons. The van der Waals surface area contributed by atoms with E-state index in [0.29, 0.717) is 11.8 Å². The van der Waals surface area contributed by atoms with Gasteiger partial charge in [0.15, 0.2) is 0 Å². The molecule has 1 nitrogen and oxygen atoms in total. The second kappa shape index (κ2) is 7.65. The van der Waals surface area contributed by atoms with E-state index in [1.54, 1.807) is 0 Å². The maximum absolute atomic E-state index is 4.40. The minimum absolute atomic E-state index is 0.573. The molecule has 1 heterocycles. The maximum atomic E-state index is 4.40. The molecular weight excluding hydrogens is 274 g/mol. The van der Waals surface area contributed by atoms with Crippen LogP contribution in [0.2, 0.25) is 0 Å². The molecule has 0 atom stereocenters. The first-order valence-electron chi connectivity index (χ1n) is 7.74. The third-order valence-electron chi connectivity index (χ3n) is 3.67. The lowest BCUT2D eigenvalue weighted by Gasteiger charge is -2.15. The first kappa shape index (κ1) is 16.1. The standard InChI is InChI=1S/C19H25NS/c1-14(2)16-8-9-18(15(3)4)19(13-16)21-12-10-17-7-5-6-11-20-17/h5-9,11,13-15H,10,12H2,1-4H3. The van der Waals surface area contributed by atoms with Crippen LogP contribution in [-0.4, -0.2) is 10.7 Å². The Labute approximate surface area is 133 Å². The number of nitrogens with zero attached hydrogens (tertiary/aromatic N) is 1. The van der Waals surface area contributed by atoms with Crippen LogP contribution in [0, 0.1) is 0 Å². The van der Waals surface area contributed by atoms with Crippen molar-refractivity contribution in [1.82, 2.24) is 4.98 Å². The van der Waals surface area contributed by atoms with Gasteiger partial charge in [0.1, 0.15) is 0 Å². The van der Waals surface area contributed by atoms with E-state index in [0.717, 1.165) is 12.2 Å². The smallest absolute Gasteiger partial charge is 0.0411 e. The molecule has 2 aromatic rings. The van der Waals surface area contributed by atoms with Gasteiger partial charge in [0, 0.05) is 22.5 Å². The summed E-state index contributed by atoms with van der Waals surface area (Å²) in [6.45, 7) is 9.06. The topological polar surface area (TPSA) is 12.9 Å². The Morgan fingerprint density at radius 3 is 2.43 bits per heavy atom. The number of benzene rings is 1. The summed E-state index contributed by atoms with van der Waals surface area (Å²) < 4.78 is 0. The molecule has 0 saturated heterocycles. The van der Waals surface area contributed by atoms with Crippen LogP contribution in [0.5, 0.6) is 0 Å². The summed E-state index contributed by atoms with van der Waals surface area (Å²) in [4.78, 5) is 5.84. The van der Waals surface area contributed by atoms with E-state index < -0.39 is 0 Å². The molecule has 0 bridgehead atoms. The number of aromatic nitrogens is 1. The third-order valence-corrected chi connectivity index (χ3v) is 4.74. The average Bonchev–Trinajstić information content (AvgIpc) is 2.48. The Balaban J connectivity index is 2.08. The van der Waals surface area contributed by atoms with Gasteiger partial charge in [0.25, 0.3) is 0 Å². The molecule has 112 valence electrons. The number of aryl methyl sites for hydroxylation is 1. The zero-order valence-electron chi connectivity index (χ0n) is 13.5. The largest absolute Gasteiger partial charge is 0.261 e. The van der Waals surface area contributed by atoms with Crippen LogP contribution in [0.4, 0.5) is 0 Å². The highest BCUT2D eigenvalue weighted by Crippen LogP contribution is 2.31. The van der Waals surface area contributed by atoms with Crippen molar-refractivity contribution in [3.8, 4) is 0 Å². The second-order valence-corrected chi connectivity index (χ2v) is 7.16. The van der Waals surface area contributed by atoms with E-state index in [1.807, 2.05) is 24.0 Å². The van der Waals surface area contributed by atoms with E-state index in [-0.39, 0.29) is 0 Å². The minimum atomic E-state index is 0.573. The normalized spacial score (nSPS) is 11.3. The molecule has 0 saturated carbocycles. The van der Waals surface area contributed by atoms with Crippen LogP contribution in [0.1, 0.15) is 56.4 Å². The fourth-order valence-electron chi connectivity index (χ4n) is 2.32. The summed E-state index contributed by atoms with van der Waals surface area (Å²) in [6.07, 6.45) is 2.90. The molecular formula is C19H25NS. The van der Waals surface area contributed by atoms with Crippen LogP contribution < -0.4 is 0 Å². The van der Waals surface area contributed by atoms with Crippen molar-refractivity contribution in [1.29, 1.82) is 0 Å². The predicted octanol–water partition coefficient (Wildman–Crippen LogP) is 5.66. The first-order valence-corrected chi connectivity index (χ1v) is 8.73. The molecule has 1 aromatic carbocycles. The van der Waals surface area contributed by atoms with Crippen LogP contribution >= 0.6 is 11.8 Å². The molecule has 0 aliphatic rings. The highest BCUT2D eigenvalue weighted by atomic mass is 32.2. The van der Waals surface area contributed by atoms with Crippen LogP contribution in [0.3, 0.4) is 0 Å². The van der Waals surface area contributed by atoms with Gasteiger partial charge < -0.3 is 0 Å². The first-order chi connectivity index (χ1) is 10.1. The maximum Gasteiger partial charge on any atom is 0.0411 e. The summed E-state index contributed by atoms with van der Waals surface area (Å²) >= 11 is 1.96. The molecule has 0 fully saturated rings. The average molecular weight is 299 g/mol. The predicted molar refractivity (Wildman–Crippen MR) is 93.3 cm³/mol. The van der Waals surface area contributed by atoms with Gasteiger partial charge >= 0.3 is 0 Å². The molecule has 21 heavy (non-hydrogen) atoms. The number of hydrogen-bond donors (Lipinski definition) is 0. The van der Waals surface area contributed by atoms with Crippen LogP contribution in [-0.2, 0) is 6.42 Å². The Bertz CT molecular complexity index is 561. The summed E-state index contributed by atoms with van der Waals surface area (Å²) in [7, 11) is 0. The highest BCUT2D eigenvalue weighted by Gasteiger charge is 2.10. The van der Waals surface area contributed by atoms with E-state index in [4.69, 9.17) is 0 Å². The molecule has 0 aliphatic heterocycles. The van der Waals surface area contributed by atoms with Crippen molar-refractivity contribution >= 4 is 11.8 Å². The summed E-state index contributed by atoms with van der Waals surface area (Å²) in [5.41, 5.74) is 4.07. The third kappa shape index (κ3) is 4.60. The Hall–Kier alpha value is -1.28. The Morgan fingerprint density at radius 1 is 1.00 bits per heavy atom. The van der Waals surface area contributed by atoms with E-state index >= 15 is 0 Å². The lowest BCUT2D eigenvalue weighted by atomic mass is 9.97. The molecule has 1 aromatic heterocycles. The number of pyridine rings is 1. The zero-order valence-corrected chi connectivity index (χ0v) is 14.3. The SMILES string of the molecule is CC(C)c1ccc(C(C)C)c(SCCc2ccccn2)c1. The van der Waals surface area contributed by atoms with Crippen molar-refractivity contribution in [3.05, 3.63) is 59.4 Å². The molecule has 0 unspecified atom stereocenters. The molecule has 0 aliphatic carbocycles. The lowest BCUT2D eigenvalue weighted by Crippen LogP contribution is -1.97. The summed E-state index contributed by atoms with van der Waals surface area (Å²) in [5.74, 6) is 2.24. The van der Waals surface area contributed by atoms with E-state index in [1.165, 1.54) is 21.7 Å². The van der Waals surface area contributed by atoms with Gasteiger partial charge in [-0.05, 0) is 47.6 Å². The quantitative estimate of drug-likeness (QED) is 0.638. The fourth-order valence-corrected chi connectivity index (χ4v) is 3.54. The molecule has 2 heteroatoms. The second-order valence-electron chi connectivity index (χ2n) is 6.03. The van der Waals surface area contributed by atoms with Crippen molar-refractivity contribution < 1.29 is 0 Å². The molecule has 0 spiro atoms. The van der Waals surface area contributed by atoms with Gasteiger partial charge in [-0.25, -0.2) is 0 Å². The Morgan fingerprint density at radius 2 is 1.81 bits per heavy atom. The lowest BCUT2D eigenvalue weighted by molar-refractivity contribution is 0.821. The monoisotopic (exact) mass is 299 g/mol. The number of thioether (sulfide) groups is 1. The number of hydrogen-bond acceptors (Lipinski definition) is 2. The molecule has 0 amide bonds. The van der Waals surface area contributed by atoms with Crippen molar-refractivity contribution in [2.24, 2.45) is 0 Å². The Kier molecular flexibility index (Phi) is 5.86. The zero-order chi connectivity index (χ0) is 15.2. The summed E-state index contributed by atoms with van der Waals surface area (Å²) in [5, 5.41) is 0. The number of rotatable bonds is 6. The van der Waals surface area contributed by atoms with Gasteiger partial charge in [-0.1, -0.05) is 45.9 Å². The summed E-state index contributed by atoms with van der Waals surface area (Å²) in [6, 6.07) is 13.1. The fraction of sp³-hybridized carbons (Fsp3) is 0.421. The van der Waals surface area contributed by atoms with Gasteiger partial charge in [-0.15, -0.1) is 11.8 Å². The van der Waals surface area contributed by atoms with Crippen molar-refractivity contribution in [3.63, 3.8) is 0 Å². The molecule has 2 rings (SSSR count). The van der Waals surface area contributed by atoms with Gasteiger partial charge in [0.2, 0.25) is 0 Å². The van der Waals surface area contributed by atoms with Crippen molar-refractivity contribution in [2.45, 2.75) is 50.8 Å². The van der Waals surface area contributed by atoms with E-state index in [2.05, 4.69) is 63.0 Å². The van der Waals surface area contributed by atoms with Crippen molar-refractivity contribution in [2.75, 3.05) is 5.75 Å². The minimum Gasteiger partial charge on any atom is -0.261 e. The van der Waals surface area contributed by atoms with Crippen LogP contribution in [0.15, 0.2) is 47.5 Å². The van der Waals surface area contributed by atoms with Crippen LogP contribution in [0.25, 0.3) is 0 Å². The van der Waals surface area contributed by atoms with Gasteiger partial charge in [-0.2, -0.15) is 0 Å². The van der Waals surface area contributed by atoms with Gasteiger partial charge in [-0.3, -0.25) is 4.98 Å². The van der Waals surface area contributed by atoms with E-state index in [9.17, 15) is 0 Å². The molecule has 0 N–H and O–H groups in total. The van der Waals surface area contributed by atoms with Gasteiger partial charge in [0.05, 0.1) is 0 Å².